The Kier molecular flexibility index (Phi) is 3.84. The Morgan fingerprint density at radius 3 is 2.75 bits per heavy atom. The predicted molar refractivity (Wildman–Crippen MR) is 88.3 cm³/mol. The number of carbonyl (C=O) groups excluding carboxylic acids is 1. The number of H-pyrrole nitrogens is 1. The lowest BCUT2D eigenvalue weighted by Crippen LogP contribution is -2.37. The maximum Gasteiger partial charge on any atom is 0.229 e. The Balaban J connectivity index is 1.49. The molecule has 1 aliphatic carbocycles. The van der Waals surface area contributed by atoms with E-state index in [2.05, 4.69) is 27.5 Å². The fourth-order valence-electron chi connectivity index (χ4n) is 3.79. The zero-order valence-corrected chi connectivity index (χ0v) is 13.8. The summed E-state index contributed by atoms with van der Waals surface area (Å²) in [5.74, 6) is 0.352. The average molecular weight is 326 g/mol. The molecule has 1 aromatic carbocycles. The van der Waals surface area contributed by atoms with Gasteiger partial charge in [-0.15, -0.1) is 0 Å². The van der Waals surface area contributed by atoms with Gasteiger partial charge in [0.1, 0.15) is 0 Å². The molecule has 0 unspecified atom stereocenters. The molecular weight excluding hydrogens is 304 g/mol. The van der Waals surface area contributed by atoms with Crippen molar-refractivity contribution in [3.63, 3.8) is 0 Å². The van der Waals surface area contributed by atoms with Crippen molar-refractivity contribution in [2.45, 2.75) is 31.3 Å². The number of rotatable bonds is 5. The second kappa shape index (κ2) is 6.02. The number of hydrogen-bond acceptors (Lipinski definition) is 4. The molecule has 6 nitrogen and oxygen atoms in total. The van der Waals surface area contributed by atoms with E-state index in [1.807, 2.05) is 23.1 Å². The maximum absolute atomic E-state index is 13.1. The summed E-state index contributed by atoms with van der Waals surface area (Å²) in [5.41, 5.74) is 1.89. The van der Waals surface area contributed by atoms with Crippen LogP contribution in [0.1, 0.15) is 30.0 Å². The third-order valence-electron chi connectivity index (χ3n) is 5.36. The van der Waals surface area contributed by atoms with Gasteiger partial charge in [0.15, 0.2) is 0 Å². The summed E-state index contributed by atoms with van der Waals surface area (Å²) < 4.78 is 5.60. The SMILES string of the molecule is CO[C@@H]1CN(C(=O)C2(Cc3ccccc3)CC2)C[C@H]1c1cn[nH]n1. The molecule has 2 heterocycles. The van der Waals surface area contributed by atoms with E-state index in [-0.39, 0.29) is 23.3 Å². The number of likely N-dealkylation sites (tertiary alicyclic amines) is 1. The minimum absolute atomic E-state index is 0.0217. The van der Waals surface area contributed by atoms with Crippen LogP contribution in [-0.2, 0) is 16.0 Å². The summed E-state index contributed by atoms with van der Waals surface area (Å²) in [6.45, 7) is 1.28. The van der Waals surface area contributed by atoms with Crippen molar-refractivity contribution in [3.8, 4) is 0 Å². The van der Waals surface area contributed by atoms with E-state index in [4.69, 9.17) is 4.74 Å². The van der Waals surface area contributed by atoms with E-state index in [9.17, 15) is 4.79 Å². The molecule has 2 fully saturated rings. The number of benzene rings is 1. The number of ether oxygens (including phenoxy) is 1. The Morgan fingerprint density at radius 1 is 1.33 bits per heavy atom. The summed E-state index contributed by atoms with van der Waals surface area (Å²) in [6, 6.07) is 10.3. The molecule has 2 aliphatic rings. The van der Waals surface area contributed by atoms with Gasteiger partial charge in [0.05, 0.1) is 29.3 Å². The number of nitrogens with one attached hydrogen (secondary N) is 1. The van der Waals surface area contributed by atoms with Crippen molar-refractivity contribution in [2.75, 3.05) is 20.2 Å². The highest BCUT2D eigenvalue weighted by Crippen LogP contribution is 2.50. The first kappa shape index (κ1) is 15.3. The molecule has 6 heteroatoms. The van der Waals surface area contributed by atoms with Crippen molar-refractivity contribution in [3.05, 3.63) is 47.8 Å². The number of amides is 1. The molecule has 2 aromatic rings. The van der Waals surface area contributed by atoms with Gasteiger partial charge < -0.3 is 9.64 Å². The van der Waals surface area contributed by atoms with Crippen molar-refractivity contribution < 1.29 is 9.53 Å². The highest BCUT2D eigenvalue weighted by molar-refractivity contribution is 5.86. The second-order valence-corrected chi connectivity index (χ2v) is 6.93. The zero-order valence-electron chi connectivity index (χ0n) is 13.8. The molecule has 126 valence electrons. The Bertz CT molecular complexity index is 697. The third kappa shape index (κ3) is 2.71. The van der Waals surface area contributed by atoms with E-state index < -0.39 is 0 Å². The minimum Gasteiger partial charge on any atom is -0.379 e. The van der Waals surface area contributed by atoms with Gasteiger partial charge in [-0.05, 0) is 24.8 Å². The molecule has 1 saturated heterocycles. The van der Waals surface area contributed by atoms with E-state index in [1.54, 1.807) is 13.3 Å². The number of hydrogen-bond donors (Lipinski definition) is 1. The number of aromatic nitrogens is 3. The normalized spacial score (nSPS) is 25.0. The molecule has 2 atom stereocenters. The first-order valence-corrected chi connectivity index (χ1v) is 8.44. The van der Waals surface area contributed by atoms with E-state index >= 15 is 0 Å². The molecule has 1 amide bonds. The molecule has 4 rings (SSSR count). The van der Waals surface area contributed by atoms with Gasteiger partial charge in [0, 0.05) is 20.2 Å². The third-order valence-corrected chi connectivity index (χ3v) is 5.36. The number of carbonyl (C=O) groups is 1. The monoisotopic (exact) mass is 326 g/mol. The molecule has 0 spiro atoms. The lowest BCUT2D eigenvalue weighted by Gasteiger charge is -2.23. The lowest BCUT2D eigenvalue weighted by atomic mass is 9.95. The molecular formula is C18H22N4O2. The Hall–Kier alpha value is -2.21. The Labute approximate surface area is 141 Å². The van der Waals surface area contributed by atoms with Crippen molar-refractivity contribution >= 4 is 5.91 Å². The predicted octanol–water partition coefficient (Wildman–Crippen LogP) is 1.77. The van der Waals surface area contributed by atoms with Crippen LogP contribution < -0.4 is 0 Å². The molecule has 1 aromatic heterocycles. The quantitative estimate of drug-likeness (QED) is 0.909. The molecule has 0 bridgehead atoms. The number of methoxy groups -OCH3 is 1. The first-order chi connectivity index (χ1) is 11.7. The van der Waals surface area contributed by atoms with Gasteiger partial charge in [-0.2, -0.15) is 15.4 Å². The summed E-state index contributed by atoms with van der Waals surface area (Å²) in [7, 11) is 1.70. The van der Waals surface area contributed by atoms with Crippen LogP contribution in [0.3, 0.4) is 0 Å². The molecule has 24 heavy (non-hydrogen) atoms. The minimum atomic E-state index is -0.210. The summed E-state index contributed by atoms with van der Waals surface area (Å²) >= 11 is 0. The molecule has 1 aliphatic heterocycles. The van der Waals surface area contributed by atoms with Crippen LogP contribution in [0.4, 0.5) is 0 Å². The highest BCUT2D eigenvalue weighted by Gasteiger charge is 2.53. The molecule has 0 radical (unpaired) electrons. The second-order valence-electron chi connectivity index (χ2n) is 6.93. The van der Waals surface area contributed by atoms with Crippen molar-refractivity contribution in [1.29, 1.82) is 0 Å². The van der Waals surface area contributed by atoms with Crippen LogP contribution in [0.2, 0.25) is 0 Å². The van der Waals surface area contributed by atoms with E-state index in [0.29, 0.717) is 13.1 Å². The summed E-state index contributed by atoms with van der Waals surface area (Å²) in [6.07, 6.45) is 4.48. The highest BCUT2D eigenvalue weighted by atomic mass is 16.5. The van der Waals surface area contributed by atoms with Crippen LogP contribution in [0, 0.1) is 5.41 Å². The van der Waals surface area contributed by atoms with Gasteiger partial charge in [0.2, 0.25) is 5.91 Å². The number of aromatic amines is 1. The zero-order chi connectivity index (χ0) is 16.6. The van der Waals surface area contributed by atoms with Gasteiger partial charge in [0.25, 0.3) is 0 Å². The van der Waals surface area contributed by atoms with E-state index in [0.717, 1.165) is 25.0 Å². The summed E-state index contributed by atoms with van der Waals surface area (Å²) in [4.78, 5) is 15.1. The number of nitrogens with zero attached hydrogens (tertiary/aromatic N) is 3. The van der Waals surface area contributed by atoms with Crippen LogP contribution in [0.5, 0.6) is 0 Å². The van der Waals surface area contributed by atoms with Gasteiger partial charge in [-0.3, -0.25) is 4.79 Å². The maximum atomic E-state index is 13.1. The van der Waals surface area contributed by atoms with Gasteiger partial charge in [-0.25, -0.2) is 0 Å². The van der Waals surface area contributed by atoms with Crippen molar-refractivity contribution in [2.24, 2.45) is 5.41 Å². The van der Waals surface area contributed by atoms with E-state index in [1.165, 1.54) is 5.56 Å². The first-order valence-electron chi connectivity index (χ1n) is 8.44. The van der Waals surface area contributed by atoms with Crippen LogP contribution in [0.25, 0.3) is 0 Å². The van der Waals surface area contributed by atoms with Crippen LogP contribution in [-0.4, -0.2) is 52.5 Å². The van der Waals surface area contributed by atoms with Gasteiger partial charge in [-0.1, -0.05) is 30.3 Å². The smallest absolute Gasteiger partial charge is 0.229 e. The van der Waals surface area contributed by atoms with Crippen molar-refractivity contribution in [1.82, 2.24) is 20.3 Å². The fourth-order valence-corrected chi connectivity index (χ4v) is 3.79. The van der Waals surface area contributed by atoms with Gasteiger partial charge >= 0.3 is 0 Å². The lowest BCUT2D eigenvalue weighted by molar-refractivity contribution is -0.136. The topological polar surface area (TPSA) is 71.1 Å². The van der Waals surface area contributed by atoms with Crippen LogP contribution >= 0.6 is 0 Å². The fraction of sp³-hybridized carbons (Fsp3) is 0.500. The Morgan fingerprint density at radius 2 is 2.12 bits per heavy atom. The summed E-state index contributed by atoms with van der Waals surface area (Å²) in [5, 5.41) is 10.7. The standard InChI is InChI=1S/C18H22N4O2/c1-24-16-12-22(11-14(16)15-10-19-21-20-15)17(23)18(7-8-18)9-13-5-3-2-4-6-13/h2-6,10,14,16H,7-9,11-12H2,1H3,(H,19,20,21)/t14-,16+/m0/s1. The average Bonchev–Trinajstić information content (AvgIpc) is 3.04. The molecule has 1 saturated carbocycles. The van der Waals surface area contributed by atoms with Crippen LogP contribution in [0.15, 0.2) is 36.5 Å². The largest absolute Gasteiger partial charge is 0.379 e. The molecule has 1 N–H and O–H groups in total.